The van der Waals surface area contributed by atoms with E-state index in [4.69, 9.17) is 0 Å². The van der Waals surface area contributed by atoms with Gasteiger partial charge in [0.15, 0.2) is 0 Å². The van der Waals surface area contributed by atoms with Crippen LogP contribution in [-0.4, -0.2) is 23.4 Å². The monoisotopic (exact) mass is 374 g/mol. The highest BCUT2D eigenvalue weighted by atomic mass is 16.2. The van der Waals surface area contributed by atoms with E-state index >= 15 is 0 Å². The number of carbonyl (C=O) groups is 2. The average Bonchev–Trinajstić information content (AvgIpc) is 2.91. The summed E-state index contributed by atoms with van der Waals surface area (Å²) in [6.07, 6.45) is 8.71. The number of amides is 2. The molecule has 0 bridgehead atoms. The summed E-state index contributed by atoms with van der Waals surface area (Å²) in [4.78, 5) is 25.0. The standard InChI is InChI=1S/C23H38N2O2/c1-21(2,3)25-20(27)17-8-7-15-14-6-9-18-23(5,13-11-19(26)24-18)16(14)10-12-22(15,17)4/h14-18H,6-13H2,1-5H3,(H,24,26)(H,25,27)/t14-,15-,16+,17?,18?,22-,23+/m0/s1. The lowest BCUT2D eigenvalue weighted by molar-refractivity contribution is -0.142. The number of piperidine rings is 1. The number of fused-ring (bicyclic) bond motifs is 5. The van der Waals surface area contributed by atoms with Gasteiger partial charge in [0.1, 0.15) is 0 Å². The van der Waals surface area contributed by atoms with Crippen LogP contribution in [0.3, 0.4) is 0 Å². The summed E-state index contributed by atoms with van der Waals surface area (Å²) in [6, 6.07) is 0.366. The Morgan fingerprint density at radius 2 is 1.70 bits per heavy atom. The molecule has 0 spiro atoms. The quantitative estimate of drug-likeness (QED) is 0.728. The molecule has 3 saturated carbocycles. The summed E-state index contributed by atoms with van der Waals surface area (Å²) in [5, 5.41) is 6.57. The molecule has 1 aliphatic heterocycles. The maximum Gasteiger partial charge on any atom is 0.224 e. The van der Waals surface area contributed by atoms with Gasteiger partial charge < -0.3 is 10.6 Å². The second-order valence-corrected chi connectivity index (χ2v) is 11.5. The molecule has 7 atom stereocenters. The maximum absolute atomic E-state index is 13.0. The van der Waals surface area contributed by atoms with Crippen molar-refractivity contribution in [2.24, 2.45) is 34.5 Å². The summed E-state index contributed by atoms with van der Waals surface area (Å²) in [6.45, 7) is 11.1. The van der Waals surface area contributed by atoms with Gasteiger partial charge in [-0.2, -0.15) is 0 Å². The molecule has 0 aromatic carbocycles. The minimum absolute atomic E-state index is 0.150. The van der Waals surface area contributed by atoms with Gasteiger partial charge in [-0.25, -0.2) is 0 Å². The largest absolute Gasteiger partial charge is 0.353 e. The SMILES string of the molecule is CC(C)(C)NC(=O)C1CC[C@H]2[C@@H]3CCC4NC(=O)CC[C@]4(C)[C@@H]3CC[C@]12C. The number of hydrogen-bond acceptors (Lipinski definition) is 2. The van der Waals surface area contributed by atoms with Crippen LogP contribution in [0.4, 0.5) is 0 Å². The van der Waals surface area contributed by atoms with E-state index in [0.29, 0.717) is 24.3 Å². The fraction of sp³-hybridized carbons (Fsp3) is 0.913. The zero-order valence-corrected chi connectivity index (χ0v) is 17.9. The minimum atomic E-state index is -0.158. The Labute approximate surface area is 164 Å². The van der Waals surface area contributed by atoms with Crippen LogP contribution >= 0.6 is 0 Å². The molecule has 2 unspecified atom stereocenters. The fourth-order valence-electron chi connectivity index (χ4n) is 7.59. The second-order valence-electron chi connectivity index (χ2n) is 11.5. The van der Waals surface area contributed by atoms with Crippen molar-refractivity contribution in [3.63, 3.8) is 0 Å². The molecule has 4 fully saturated rings. The third-order valence-corrected chi connectivity index (χ3v) is 8.91. The molecule has 4 aliphatic rings. The first kappa shape index (κ1) is 19.3. The van der Waals surface area contributed by atoms with Gasteiger partial charge >= 0.3 is 0 Å². The van der Waals surface area contributed by atoms with Crippen LogP contribution in [0.15, 0.2) is 0 Å². The lowest BCUT2D eigenvalue weighted by Gasteiger charge is -2.60. The first-order valence-corrected chi connectivity index (χ1v) is 11.2. The van der Waals surface area contributed by atoms with Crippen LogP contribution < -0.4 is 10.6 Å². The van der Waals surface area contributed by atoms with Gasteiger partial charge in [-0.3, -0.25) is 9.59 Å². The average molecular weight is 375 g/mol. The lowest BCUT2D eigenvalue weighted by Crippen LogP contribution is -2.61. The van der Waals surface area contributed by atoms with E-state index in [9.17, 15) is 9.59 Å². The van der Waals surface area contributed by atoms with Crippen molar-refractivity contribution in [1.82, 2.24) is 10.6 Å². The van der Waals surface area contributed by atoms with Gasteiger partial charge in [0.2, 0.25) is 11.8 Å². The Hall–Kier alpha value is -1.06. The topological polar surface area (TPSA) is 58.2 Å². The highest BCUT2D eigenvalue weighted by molar-refractivity contribution is 5.80. The maximum atomic E-state index is 13.0. The first-order chi connectivity index (χ1) is 12.5. The Bertz CT molecular complexity index is 639. The van der Waals surface area contributed by atoms with Crippen molar-refractivity contribution in [2.45, 2.75) is 97.6 Å². The molecule has 3 aliphatic carbocycles. The van der Waals surface area contributed by atoms with E-state index in [2.05, 4.69) is 45.3 Å². The molecule has 0 aromatic rings. The van der Waals surface area contributed by atoms with E-state index in [-0.39, 0.29) is 34.1 Å². The normalized spacial score (nSPS) is 46.7. The minimum Gasteiger partial charge on any atom is -0.353 e. The Balaban J connectivity index is 1.55. The van der Waals surface area contributed by atoms with E-state index in [0.717, 1.165) is 31.6 Å². The van der Waals surface area contributed by atoms with Crippen molar-refractivity contribution >= 4 is 11.8 Å². The van der Waals surface area contributed by atoms with Gasteiger partial charge in [0.25, 0.3) is 0 Å². The van der Waals surface area contributed by atoms with Gasteiger partial charge in [0, 0.05) is 23.9 Å². The highest BCUT2D eigenvalue weighted by Gasteiger charge is 2.61. The van der Waals surface area contributed by atoms with Gasteiger partial charge in [-0.1, -0.05) is 13.8 Å². The van der Waals surface area contributed by atoms with Crippen molar-refractivity contribution in [3.8, 4) is 0 Å². The third-order valence-electron chi connectivity index (χ3n) is 8.91. The van der Waals surface area contributed by atoms with Crippen molar-refractivity contribution in [2.75, 3.05) is 0 Å². The van der Waals surface area contributed by atoms with E-state index in [1.165, 1.54) is 19.3 Å². The van der Waals surface area contributed by atoms with E-state index < -0.39 is 0 Å². The van der Waals surface area contributed by atoms with E-state index in [1.807, 2.05) is 0 Å². The van der Waals surface area contributed by atoms with Crippen LogP contribution in [-0.2, 0) is 9.59 Å². The molecule has 4 rings (SSSR count). The summed E-state index contributed by atoms with van der Waals surface area (Å²) in [5.41, 5.74) is 0.246. The summed E-state index contributed by atoms with van der Waals surface area (Å²) in [7, 11) is 0. The first-order valence-electron chi connectivity index (χ1n) is 11.2. The van der Waals surface area contributed by atoms with Crippen molar-refractivity contribution in [3.05, 3.63) is 0 Å². The van der Waals surface area contributed by atoms with Crippen LogP contribution in [0.5, 0.6) is 0 Å². The summed E-state index contributed by atoms with van der Waals surface area (Å²) in [5.74, 6) is 2.79. The fourth-order valence-corrected chi connectivity index (χ4v) is 7.59. The predicted molar refractivity (Wildman–Crippen MR) is 107 cm³/mol. The van der Waals surface area contributed by atoms with Crippen LogP contribution in [0, 0.1) is 34.5 Å². The Kier molecular flexibility index (Phi) is 4.44. The molecule has 152 valence electrons. The second kappa shape index (κ2) is 6.22. The molecule has 4 nitrogen and oxygen atoms in total. The van der Waals surface area contributed by atoms with Crippen LogP contribution in [0.2, 0.25) is 0 Å². The van der Waals surface area contributed by atoms with Crippen LogP contribution in [0.25, 0.3) is 0 Å². The van der Waals surface area contributed by atoms with Crippen molar-refractivity contribution in [1.29, 1.82) is 0 Å². The van der Waals surface area contributed by atoms with Gasteiger partial charge in [-0.05, 0) is 94.3 Å². The number of carbonyl (C=O) groups excluding carboxylic acids is 2. The Morgan fingerprint density at radius 1 is 1.00 bits per heavy atom. The molecule has 2 amide bonds. The number of hydrogen-bond donors (Lipinski definition) is 2. The number of rotatable bonds is 1. The molecule has 1 heterocycles. The third kappa shape index (κ3) is 3.02. The van der Waals surface area contributed by atoms with E-state index in [1.54, 1.807) is 0 Å². The number of nitrogens with one attached hydrogen (secondary N) is 2. The molecule has 27 heavy (non-hydrogen) atoms. The zero-order chi connectivity index (χ0) is 19.6. The molecule has 0 radical (unpaired) electrons. The van der Waals surface area contributed by atoms with Crippen LogP contribution in [0.1, 0.15) is 86.0 Å². The smallest absolute Gasteiger partial charge is 0.224 e. The zero-order valence-electron chi connectivity index (χ0n) is 17.9. The molecule has 1 saturated heterocycles. The van der Waals surface area contributed by atoms with Gasteiger partial charge in [-0.15, -0.1) is 0 Å². The molecule has 4 heteroatoms. The summed E-state index contributed by atoms with van der Waals surface area (Å²) < 4.78 is 0. The van der Waals surface area contributed by atoms with Gasteiger partial charge in [0.05, 0.1) is 0 Å². The summed E-state index contributed by atoms with van der Waals surface area (Å²) >= 11 is 0. The van der Waals surface area contributed by atoms with Crippen molar-refractivity contribution < 1.29 is 9.59 Å². The molecule has 2 N–H and O–H groups in total. The molecular weight excluding hydrogens is 336 g/mol. The predicted octanol–water partition coefficient (Wildman–Crippen LogP) is 4.04. The highest BCUT2D eigenvalue weighted by Crippen LogP contribution is 2.65. The molecular formula is C23H38N2O2. The lowest BCUT2D eigenvalue weighted by atomic mass is 9.47. The Morgan fingerprint density at radius 3 is 2.41 bits per heavy atom. The molecule has 0 aromatic heterocycles.